The molecule has 4 rings (SSSR count). The molecule has 0 aliphatic carbocycles. The van der Waals surface area contributed by atoms with Gasteiger partial charge in [-0.2, -0.15) is 0 Å². The van der Waals surface area contributed by atoms with Crippen LogP contribution in [0.4, 0.5) is 5.82 Å². The van der Waals surface area contributed by atoms with Gasteiger partial charge in [-0.3, -0.25) is 0 Å². The fraction of sp³-hybridized carbons (Fsp3) is 0.389. The molecule has 4 heterocycles. The normalized spacial score (nSPS) is 17.3. The van der Waals surface area contributed by atoms with Crippen LogP contribution in [0.3, 0.4) is 0 Å². The number of rotatable bonds is 3. The zero-order valence-corrected chi connectivity index (χ0v) is 14.4. The number of hydrogen-bond acceptors (Lipinski definition) is 6. The fourth-order valence-electron chi connectivity index (χ4n) is 3.38. The Morgan fingerprint density at radius 2 is 2.04 bits per heavy atom. The summed E-state index contributed by atoms with van der Waals surface area (Å²) in [5.74, 6) is 1.22. The van der Waals surface area contributed by atoms with Gasteiger partial charge in [0.05, 0.1) is 11.6 Å². The van der Waals surface area contributed by atoms with Crippen LogP contribution in [0.1, 0.15) is 29.5 Å². The van der Waals surface area contributed by atoms with Gasteiger partial charge in [-0.1, -0.05) is 6.07 Å². The molecule has 1 aliphatic rings. The quantitative estimate of drug-likeness (QED) is 0.792. The third kappa shape index (κ3) is 2.87. The van der Waals surface area contributed by atoms with E-state index in [4.69, 9.17) is 0 Å². The first-order valence-electron chi connectivity index (χ1n) is 8.27. The van der Waals surface area contributed by atoms with Gasteiger partial charge in [0, 0.05) is 23.7 Å². The zero-order valence-electron chi connectivity index (χ0n) is 13.6. The second-order valence-corrected chi connectivity index (χ2v) is 7.28. The van der Waals surface area contributed by atoms with Crippen LogP contribution < -0.4 is 4.90 Å². The van der Waals surface area contributed by atoms with Crippen LogP contribution >= 0.6 is 11.3 Å². The number of aliphatic hydroxyl groups excluding tert-OH is 1. The fourth-order valence-corrected chi connectivity index (χ4v) is 4.18. The van der Waals surface area contributed by atoms with Crippen molar-refractivity contribution in [1.82, 2.24) is 15.0 Å². The minimum Gasteiger partial charge on any atom is -0.387 e. The first-order chi connectivity index (χ1) is 11.7. The third-order valence-electron chi connectivity index (χ3n) is 4.72. The first kappa shape index (κ1) is 15.5. The SMILES string of the molecule is Cc1ccc2ncnc(N3CCC(C(O)c4cccs4)CC3)c2n1. The number of pyridine rings is 1. The van der Waals surface area contributed by atoms with Gasteiger partial charge in [0.1, 0.15) is 11.8 Å². The Morgan fingerprint density at radius 3 is 2.79 bits per heavy atom. The Kier molecular flexibility index (Phi) is 4.16. The predicted octanol–water partition coefficient (Wildman–Crippen LogP) is 3.34. The van der Waals surface area contributed by atoms with Crippen LogP contribution in [0.5, 0.6) is 0 Å². The van der Waals surface area contributed by atoms with Crippen LogP contribution in [0.15, 0.2) is 36.0 Å². The molecule has 1 aliphatic heterocycles. The lowest BCUT2D eigenvalue weighted by atomic mass is 9.90. The van der Waals surface area contributed by atoms with E-state index in [-0.39, 0.29) is 6.10 Å². The van der Waals surface area contributed by atoms with E-state index < -0.39 is 0 Å². The highest BCUT2D eigenvalue weighted by Crippen LogP contribution is 2.34. The summed E-state index contributed by atoms with van der Waals surface area (Å²) < 4.78 is 0. The summed E-state index contributed by atoms with van der Waals surface area (Å²) in [7, 11) is 0. The van der Waals surface area contributed by atoms with Gasteiger partial charge in [0.15, 0.2) is 5.82 Å². The van der Waals surface area contributed by atoms with Crippen molar-refractivity contribution in [3.63, 3.8) is 0 Å². The Morgan fingerprint density at radius 1 is 1.21 bits per heavy atom. The molecule has 3 aromatic heterocycles. The van der Waals surface area contributed by atoms with E-state index in [0.29, 0.717) is 5.92 Å². The number of fused-ring (bicyclic) bond motifs is 1. The van der Waals surface area contributed by atoms with Gasteiger partial charge in [-0.15, -0.1) is 11.3 Å². The van der Waals surface area contributed by atoms with E-state index in [2.05, 4.69) is 19.9 Å². The highest BCUT2D eigenvalue weighted by molar-refractivity contribution is 7.10. The molecule has 0 spiro atoms. The number of piperidine rings is 1. The maximum absolute atomic E-state index is 10.6. The monoisotopic (exact) mass is 340 g/mol. The van der Waals surface area contributed by atoms with Crippen molar-refractivity contribution in [3.05, 3.63) is 46.5 Å². The first-order valence-corrected chi connectivity index (χ1v) is 9.15. The molecule has 124 valence electrons. The summed E-state index contributed by atoms with van der Waals surface area (Å²) in [5.41, 5.74) is 2.72. The highest BCUT2D eigenvalue weighted by Gasteiger charge is 2.28. The van der Waals surface area contributed by atoms with Crippen LogP contribution in [0.2, 0.25) is 0 Å². The summed E-state index contributed by atoms with van der Waals surface area (Å²) >= 11 is 1.63. The number of hydrogen-bond donors (Lipinski definition) is 1. The summed E-state index contributed by atoms with van der Waals surface area (Å²) in [6.45, 7) is 3.75. The number of anilines is 1. The smallest absolute Gasteiger partial charge is 0.158 e. The van der Waals surface area contributed by atoms with E-state index in [1.807, 2.05) is 36.6 Å². The molecular formula is C18H20N4OS. The average Bonchev–Trinajstić information content (AvgIpc) is 3.15. The molecule has 1 N–H and O–H groups in total. The van der Waals surface area contributed by atoms with Crippen LogP contribution in [0.25, 0.3) is 11.0 Å². The van der Waals surface area contributed by atoms with Gasteiger partial charge in [-0.05, 0) is 49.3 Å². The number of nitrogens with zero attached hydrogens (tertiary/aromatic N) is 4. The maximum atomic E-state index is 10.6. The van der Waals surface area contributed by atoms with Crippen molar-refractivity contribution in [2.24, 2.45) is 5.92 Å². The molecule has 24 heavy (non-hydrogen) atoms. The molecule has 0 bridgehead atoms. The lowest BCUT2D eigenvalue weighted by molar-refractivity contribution is 0.0961. The number of aryl methyl sites for hydroxylation is 1. The van der Waals surface area contributed by atoms with Gasteiger partial charge >= 0.3 is 0 Å². The van der Waals surface area contributed by atoms with Gasteiger partial charge in [0.25, 0.3) is 0 Å². The molecular weight excluding hydrogens is 320 g/mol. The highest BCUT2D eigenvalue weighted by atomic mass is 32.1. The second kappa shape index (κ2) is 6.45. The minimum absolute atomic E-state index is 0.308. The van der Waals surface area contributed by atoms with Crippen molar-refractivity contribution < 1.29 is 5.11 Å². The molecule has 3 aromatic rings. The molecule has 1 unspecified atom stereocenters. The topological polar surface area (TPSA) is 62.1 Å². The van der Waals surface area contributed by atoms with Crippen molar-refractivity contribution in [2.45, 2.75) is 25.9 Å². The Balaban J connectivity index is 1.53. The minimum atomic E-state index is -0.352. The Hall–Kier alpha value is -2.05. The second-order valence-electron chi connectivity index (χ2n) is 6.30. The average molecular weight is 340 g/mol. The number of thiophene rings is 1. The summed E-state index contributed by atoms with van der Waals surface area (Å²) in [4.78, 5) is 16.8. The molecule has 1 fully saturated rings. The van der Waals surface area contributed by atoms with Crippen molar-refractivity contribution in [3.8, 4) is 0 Å². The van der Waals surface area contributed by atoms with Gasteiger partial charge < -0.3 is 10.0 Å². The largest absolute Gasteiger partial charge is 0.387 e. The Labute approximate surface area is 145 Å². The van der Waals surface area contributed by atoms with Gasteiger partial charge in [-0.25, -0.2) is 15.0 Å². The van der Waals surface area contributed by atoms with Crippen molar-refractivity contribution in [1.29, 1.82) is 0 Å². The summed E-state index contributed by atoms with van der Waals surface area (Å²) in [6, 6.07) is 7.99. The van der Waals surface area contributed by atoms with Crippen molar-refractivity contribution in [2.75, 3.05) is 18.0 Å². The number of aliphatic hydroxyl groups is 1. The maximum Gasteiger partial charge on any atom is 0.158 e. The molecule has 6 heteroatoms. The molecule has 0 amide bonds. The summed E-state index contributed by atoms with van der Waals surface area (Å²) in [6.07, 6.45) is 3.17. The molecule has 5 nitrogen and oxygen atoms in total. The van der Waals surface area contributed by atoms with E-state index in [1.54, 1.807) is 17.7 Å². The predicted molar refractivity (Wildman–Crippen MR) is 96.3 cm³/mol. The van der Waals surface area contributed by atoms with Gasteiger partial charge in [0.2, 0.25) is 0 Å². The van der Waals surface area contributed by atoms with Crippen LogP contribution in [-0.4, -0.2) is 33.1 Å². The molecule has 0 radical (unpaired) electrons. The van der Waals surface area contributed by atoms with E-state index in [0.717, 1.165) is 53.4 Å². The van der Waals surface area contributed by atoms with Crippen molar-refractivity contribution >= 4 is 28.2 Å². The summed E-state index contributed by atoms with van der Waals surface area (Å²) in [5, 5.41) is 12.6. The van der Waals surface area contributed by atoms with E-state index in [9.17, 15) is 5.11 Å². The zero-order chi connectivity index (χ0) is 16.5. The molecule has 0 aromatic carbocycles. The Bertz CT molecular complexity index is 828. The molecule has 1 atom stereocenters. The van der Waals surface area contributed by atoms with Crippen LogP contribution in [0, 0.1) is 12.8 Å². The van der Waals surface area contributed by atoms with Crippen LogP contribution in [-0.2, 0) is 0 Å². The van der Waals surface area contributed by atoms with E-state index >= 15 is 0 Å². The molecule has 0 saturated carbocycles. The standard InChI is InChI=1S/C18H20N4OS/c1-12-4-5-14-16(21-12)18(20-11-19-14)22-8-6-13(7-9-22)17(23)15-3-2-10-24-15/h2-5,10-11,13,17,23H,6-9H2,1H3. The van der Waals surface area contributed by atoms with E-state index in [1.165, 1.54) is 0 Å². The third-order valence-corrected chi connectivity index (χ3v) is 5.67. The lowest BCUT2D eigenvalue weighted by Gasteiger charge is -2.34. The lowest BCUT2D eigenvalue weighted by Crippen LogP contribution is -2.36. The number of aromatic nitrogens is 3. The molecule has 1 saturated heterocycles.